The van der Waals surface area contributed by atoms with Gasteiger partial charge in [0.1, 0.15) is 0 Å². The molecule has 8 atom stereocenters. The van der Waals surface area contributed by atoms with Gasteiger partial charge in [-0.1, -0.05) is 122 Å². The molecule has 1 rings (SSSR count). The van der Waals surface area contributed by atoms with E-state index in [9.17, 15) is 30.0 Å². The van der Waals surface area contributed by atoms with Gasteiger partial charge in [-0.05, 0) is 96.3 Å². The van der Waals surface area contributed by atoms with Gasteiger partial charge in [0.05, 0.1) is 24.4 Å². The topological polar surface area (TPSA) is 122 Å². The van der Waals surface area contributed by atoms with Crippen molar-refractivity contribution in [2.24, 2.45) is 23.7 Å². The van der Waals surface area contributed by atoms with Crippen molar-refractivity contribution >= 4 is 11.8 Å². The molecular formula is C46H86N2O6. The van der Waals surface area contributed by atoms with Gasteiger partial charge in [-0.15, -0.1) is 0 Å². The Labute approximate surface area is 332 Å². The van der Waals surface area contributed by atoms with Crippen LogP contribution in [0.25, 0.3) is 0 Å². The van der Waals surface area contributed by atoms with Crippen LogP contribution < -0.4 is 0 Å². The Kier molecular flexibility index (Phi) is 29.2. The SMILES string of the molecule is CCCCC/C=C/C1C(CCCCC)C=CC(CCCCCCCC(=O)N(CC(C)O)CC(C)O)C1CCCCCCCC(=O)N(CC(C)O)CC(C)O. The molecule has 0 radical (unpaired) electrons. The number of unbranched alkanes of at least 4 members (excludes halogenated alkanes) is 13. The van der Waals surface area contributed by atoms with E-state index in [2.05, 4.69) is 38.2 Å². The molecule has 1 aliphatic carbocycles. The average molecular weight is 763 g/mol. The Bertz CT molecular complexity index is 976. The second-order valence-corrected chi connectivity index (χ2v) is 17.0. The number of nitrogens with zero attached hydrogens (tertiary/aromatic N) is 2. The Balaban J connectivity index is 2.78. The zero-order valence-electron chi connectivity index (χ0n) is 35.8. The van der Waals surface area contributed by atoms with Crippen molar-refractivity contribution in [3.8, 4) is 0 Å². The summed E-state index contributed by atoms with van der Waals surface area (Å²) in [5.41, 5.74) is 0. The molecule has 4 N–H and O–H groups in total. The summed E-state index contributed by atoms with van der Waals surface area (Å²) >= 11 is 0. The summed E-state index contributed by atoms with van der Waals surface area (Å²) in [5.74, 6) is 2.53. The number of allylic oxidation sites excluding steroid dienone is 4. The number of aliphatic hydroxyl groups excluding tert-OH is 4. The molecule has 54 heavy (non-hydrogen) atoms. The van der Waals surface area contributed by atoms with Crippen LogP contribution in [-0.4, -0.2) is 92.6 Å². The maximum Gasteiger partial charge on any atom is 0.222 e. The number of hydrogen-bond donors (Lipinski definition) is 4. The largest absolute Gasteiger partial charge is 0.392 e. The summed E-state index contributed by atoms with van der Waals surface area (Å²) in [4.78, 5) is 28.7. The van der Waals surface area contributed by atoms with E-state index in [1.807, 2.05) is 0 Å². The van der Waals surface area contributed by atoms with Crippen LogP contribution >= 0.6 is 0 Å². The Morgan fingerprint density at radius 1 is 0.537 bits per heavy atom. The molecule has 8 unspecified atom stereocenters. The molecule has 0 saturated heterocycles. The van der Waals surface area contributed by atoms with E-state index in [0.29, 0.717) is 36.5 Å². The molecule has 0 aromatic rings. The van der Waals surface area contributed by atoms with E-state index in [-0.39, 0.29) is 38.0 Å². The average Bonchev–Trinajstić information content (AvgIpc) is 3.10. The highest BCUT2D eigenvalue weighted by Gasteiger charge is 2.33. The van der Waals surface area contributed by atoms with E-state index < -0.39 is 24.4 Å². The smallest absolute Gasteiger partial charge is 0.222 e. The van der Waals surface area contributed by atoms with Crippen molar-refractivity contribution in [1.82, 2.24) is 9.80 Å². The van der Waals surface area contributed by atoms with E-state index in [1.54, 1.807) is 37.5 Å². The first-order valence-electron chi connectivity index (χ1n) is 22.5. The number of rotatable bonds is 33. The first kappa shape index (κ1) is 50.3. The second kappa shape index (κ2) is 31.4. The van der Waals surface area contributed by atoms with Crippen molar-refractivity contribution < 1.29 is 30.0 Å². The highest BCUT2D eigenvalue weighted by molar-refractivity contribution is 5.76. The number of hydrogen-bond acceptors (Lipinski definition) is 6. The third kappa shape index (κ3) is 24.0. The molecule has 0 bridgehead atoms. The summed E-state index contributed by atoms with van der Waals surface area (Å²) in [6, 6.07) is 0. The molecule has 0 aliphatic heterocycles. The summed E-state index contributed by atoms with van der Waals surface area (Å²) in [7, 11) is 0. The lowest BCUT2D eigenvalue weighted by Crippen LogP contribution is -2.40. The molecule has 2 amide bonds. The minimum Gasteiger partial charge on any atom is -0.392 e. The monoisotopic (exact) mass is 763 g/mol. The van der Waals surface area contributed by atoms with Crippen LogP contribution in [0, 0.1) is 23.7 Å². The standard InChI is InChI=1S/C46H86N2O6/c1-7-9-11-14-21-27-43-41(25-19-10-8-2)31-32-42(26-20-15-12-17-23-29-45(53)47(33-37(3)49)34-38(4)50)44(43)28-22-16-13-18-24-30-46(54)48(35-39(5)51)36-40(6)52/h21,27,31-32,37-44,49-52H,7-20,22-26,28-30,33-36H2,1-6H3/b27-21+. The van der Waals surface area contributed by atoms with Gasteiger partial charge in [0, 0.05) is 39.0 Å². The molecule has 8 nitrogen and oxygen atoms in total. The van der Waals surface area contributed by atoms with Gasteiger partial charge in [-0.25, -0.2) is 0 Å². The maximum atomic E-state index is 12.8. The first-order chi connectivity index (χ1) is 25.9. The van der Waals surface area contributed by atoms with Crippen LogP contribution in [0.15, 0.2) is 24.3 Å². The van der Waals surface area contributed by atoms with Gasteiger partial charge in [0.2, 0.25) is 11.8 Å². The molecule has 0 fully saturated rings. The van der Waals surface area contributed by atoms with Gasteiger partial charge >= 0.3 is 0 Å². The minimum absolute atomic E-state index is 0.0230. The molecule has 0 aromatic carbocycles. The fraction of sp³-hybridized carbons (Fsp3) is 0.870. The maximum absolute atomic E-state index is 12.8. The Hall–Kier alpha value is -1.74. The normalized spacial score (nSPS) is 20.9. The first-order valence-corrected chi connectivity index (χ1v) is 22.5. The molecule has 0 saturated carbocycles. The molecule has 0 spiro atoms. The van der Waals surface area contributed by atoms with Gasteiger partial charge in [0.15, 0.2) is 0 Å². The molecular weight excluding hydrogens is 677 g/mol. The second-order valence-electron chi connectivity index (χ2n) is 17.0. The Morgan fingerprint density at radius 3 is 1.41 bits per heavy atom. The van der Waals surface area contributed by atoms with Crippen LogP contribution in [0.1, 0.15) is 183 Å². The predicted molar refractivity (Wildman–Crippen MR) is 225 cm³/mol. The summed E-state index contributed by atoms with van der Waals surface area (Å²) in [5, 5.41) is 39.2. The quantitative estimate of drug-likeness (QED) is 0.0391. The van der Waals surface area contributed by atoms with E-state index in [4.69, 9.17) is 0 Å². The van der Waals surface area contributed by atoms with Crippen LogP contribution in [0.3, 0.4) is 0 Å². The van der Waals surface area contributed by atoms with Crippen LogP contribution in [0.2, 0.25) is 0 Å². The fourth-order valence-corrected chi connectivity index (χ4v) is 8.37. The number of amides is 2. The molecule has 0 aromatic heterocycles. The molecule has 1 aliphatic rings. The highest BCUT2D eigenvalue weighted by atomic mass is 16.3. The van der Waals surface area contributed by atoms with Crippen molar-refractivity contribution in [2.45, 2.75) is 207 Å². The molecule has 316 valence electrons. The van der Waals surface area contributed by atoms with E-state index in [0.717, 1.165) is 38.5 Å². The molecule has 8 heteroatoms. The van der Waals surface area contributed by atoms with E-state index >= 15 is 0 Å². The number of carbonyl (C=O) groups excluding carboxylic acids is 2. The van der Waals surface area contributed by atoms with Gasteiger partial charge in [-0.2, -0.15) is 0 Å². The zero-order valence-corrected chi connectivity index (χ0v) is 35.8. The van der Waals surface area contributed by atoms with Crippen molar-refractivity contribution in [3.63, 3.8) is 0 Å². The van der Waals surface area contributed by atoms with Crippen molar-refractivity contribution in [2.75, 3.05) is 26.2 Å². The van der Waals surface area contributed by atoms with Crippen LogP contribution in [0.4, 0.5) is 0 Å². The number of aliphatic hydroxyl groups is 4. The lowest BCUT2D eigenvalue weighted by atomic mass is 9.66. The van der Waals surface area contributed by atoms with Crippen molar-refractivity contribution in [1.29, 1.82) is 0 Å². The van der Waals surface area contributed by atoms with Gasteiger partial charge in [0.25, 0.3) is 0 Å². The van der Waals surface area contributed by atoms with Crippen LogP contribution in [-0.2, 0) is 9.59 Å². The Morgan fingerprint density at radius 2 is 0.926 bits per heavy atom. The predicted octanol–water partition coefficient (Wildman–Crippen LogP) is 9.38. The third-order valence-electron chi connectivity index (χ3n) is 11.1. The van der Waals surface area contributed by atoms with Gasteiger partial charge < -0.3 is 30.2 Å². The summed E-state index contributed by atoms with van der Waals surface area (Å²) < 4.78 is 0. The lowest BCUT2D eigenvalue weighted by Gasteiger charge is -2.39. The summed E-state index contributed by atoms with van der Waals surface area (Å²) in [6.07, 6.45) is 32.2. The minimum atomic E-state index is -0.601. The molecule has 0 heterocycles. The fourth-order valence-electron chi connectivity index (χ4n) is 8.37. The van der Waals surface area contributed by atoms with E-state index in [1.165, 1.54) is 89.9 Å². The zero-order chi connectivity index (χ0) is 40.1. The highest BCUT2D eigenvalue weighted by Crippen LogP contribution is 2.43. The lowest BCUT2D eigenvalue weighted by molar-refractivity contribution is -0.134. The third-order valence-corrected chi connectivity index (χ3v) is 11.1. The van der Waals surface area contributed by atoms with Crippen LogP contribution in [0.5, 0.6) is 0 Å². The summed E-state index contributed by atoms with van der Waals surface area (Å²) in [6.45, 7) is 12.4. The van der Waals surface area contributed by atoms with Crippen molar-refractivity contribution in [3.05, 3.63) is 24.3 Å². The van der Waals surface area contributed by atoms with Gasteiger partial charge in [-0.3, -0.25) is 9.59 Å². The number of carbonyl (C=O) groups is 2.